The smallest absolute Gasteiger partial charge is 0.276 e. The summed E-state index contributed by atoms with van der Waals surface area (Å²) < 4.78 is 50.8. The lowest BCUT2D eigenvalue weighted by molar-refractivity contribution is 0.102. The number of anilines is 1. The molecule has 0 bridgehead atoms. The predicted molar refractivity (Wildman–Crippen MR) is 141 cm³/mol. The summed E-state index contributed by atoms with van der Waals surface area (Å²) >= 11 is 0. The average molecular weight is 538 g/mol. The van der Waals surface area contributed by atoms with E-state index in [1.807, 2.05) is 19.9 Å². The second kappa shape index (κ2) is 10.1. The summed E-state index contributed by atoms with van der Waals surface area (Å²) in [4.78, 5) is 18.0. The Kier molecular flexibility index (Phi) is 6.89. The highest BCUT2D eigenvalue weighted by Crippen LogP contribution is 2.35. The summed E-state index contributed by atoms with van der Waals surface area (Å²) in [7, 11) is -2.53. The van der Waals surface area contributed by atoms with Crippen molar-refractivity contribution in [2.75, 3.05) is 12.4 Å². The van der Waals surface area contributed by atoms with Crippen LogP contribution in [0.15, 0.2) is 53.4 Å². The number of fused-ring (bicyclic) bond motifs is 1. The predicted octanol–water partition coefficient (Wildman–Crippen LogP) is 4.63. The number of sulfonamides is 1. The third kappa shape index (κ3) is 4.86. The van der Waals surface area contributed by atoms with Gasteiger partial charge in [0.05, 0.1) is 18.4 Å². The van der Waals surface area contributed by atoms with Gasteiger partial charge in [-0.05, 0) is 62.6 Å². The van der Waals surface area contributed by atoms with Gasteiger partial charge in [-0.25, -0.2) is 27.0 Å². The van der Waals surface area contributed by atoms with E-state index < -0.39 is 21.7 Å². The summed E-state index contributed by atoms with van der Waals surface area (Å²) in [6.07, 6.45) is 3.49. The van der Waals surface area contributed by atoms with Gasteiger partial charge in [0.2, 0.25) is 10.0 Å². The molecule has 0 atom stereocenters. The van der Waals surface area contributed by atoms with Crippen LogP contribution in [0, 0.1) is 19.7 Å². The highest BCUT2D eigenvalue weighted by Gasteiger charge is 2.29. The van der Waals surface area contributed by atoms with Gasteiger partial charge in [0, 0.05) is 17.4 Å². The van der Waals surface area contributed by atoms with Crippen molar-refractivity contribution in [3.63, 3.8) is 0 Å². The van der Waals surface area contributed by atoms with Crippen molar-refractivity contribution in [1.82, 2.24) is 19.3 Å². The normalized spacial score (nSPS) is 14.2. The van der Waals surface area contributed by atoms with Gasteiger partial charge >= 0.3 is 0 Å². The van der Waals surface area contributed by atoms with E-state index in [-0.39, 0.29) is 28.1 Å². The van der Waals surface area contributed by atoms with Crippen LogP contribution in [0.1, 0.15) is 47.6 Å². The van der Waals surface area contributed by atoms with E-state index in [0.717, 1.165) is 31.4 Å². The number of hydrogen-bond donors (Lipinski definition) is 2. The summed E-state index contributed by atoms with van der Waals surface area (Å²) in [6.45, 7) is 3.64. The van der Waals surface area contributed by atoms with Crippen LogP contribution < -0.4 is 14.8 Å². The number of ether oxygens (including phenoxy) is 1. The Labute approximate surface area is 220 Å². The first-order valence-electron chi connectivity index (χ1n) is 12.3. The lowest BCUT2D eigenvalue weighted by Gasteiger charge is -2.16. The first-order valence-corrected chi connectivity index (χ1v) is 13.8. The molecule has 1 aliphatic rings. The Morgan fingerprint density at radius 2 is 1.84 bits per heavy atom. The number of nitrogens with zero attached hydrogens (tertiary/aromatic N) is 3. The fraction of sp³-hybridized carbons (Fsp3) is 0.296. The number of carbonyl (C=O) groups excluding carboxylic acids is 1. The van der Waals surface area contributed by atoms with Gasteiger partial charge < -0.3 is 10.1 Å². The number of aryl methyl sites for hydroxylation is 2. The van der Waals surface area contributed by atoms with Crippen LogP contribution in [0.2, 0.25) is 0 Å². The second-order valence-electron chi connectivity index (χ2n) is 9.40. The number of amides is 1. The number of aromatic nitrogens is 3. The summed E-state index contributed by atoms with van der Waals surface area (Å²) in [5, 5.41) is 7.07. The van der Waals surface area contributed by atoms with Crippen molar-refractivity contribution in [1.29, 1.82) is 0 Å². The Morgan fingerprint density at radius 1 is 1.11 bits per heavy atom. The van der Waals surface area contributed by atoms with E-state index in [1.165, 1.54) is 35.9 Å². The van der Waals surface area contributed by atoms with Crippen LogP contribution in [0.3, 0.4) is 0 Å². The van der Waals surface area contributed by atoms with Gasteiger partial charge in [-0.1, -0.05) is 31.0 Å². The molecule has 198 valence electrons. The topological polar surface area (TPSA) is 115 Å². The number of methoxy groups -OCH3 is 1. The Hall–Kier alpha value is -3.83. The molecule has 2 aromatic carbocycles. The Bertz CT molecular complexity index is 1640. The molecule has 5 rings (SSSR count). The molecule has 4 aromatic rings. The number of carbonyl (C=O) groups is 1. The highest BCUT2D eigenvalue weighted by atomic mass is 32.2. The molecule has 0 unspecified atom stereocenters. The fourth-order valence-electron chi connectivity index (χ4n) is 4.86. The molecule has 0 radical (unpaired) electrons. The SMILES string of the molecule is COc1ccc(-c2c(C(=O)Nc3ccccc3F)nn3c(C)cc(C)nc23)cc1S(=O)(=O)NC1CCCC1. The Morgan fingerprint density at radius 3 is 2.55 bits per heavy atom. The van der Waals surface area contributed by atoms with Crippen LogP contribution in [-0.4, -0.2) is 42.1 Å². The largest absolute Gasteiger partial charge is 0.495 e. The second-order valence-corrected chi connectivity index (χ2v) is 11.1. The molecule has 1 saturated carbocycles. The van der Waals surface area contributed by atoms with Crippen molar-refractivity contribution in [2.45, 2.75) is 50.5 Å². The molecule has 2 N–H and O–H groups in total. The van der Waals surface area contributed by atoms with Crippen molar-refractivity contribution >= 4 is 27.3 Å². The van der Waals surface area contributed by atoms with Crippen LogP contribution in [0.25, 0.3) is 16.8 Å². The van der Waals surface area contributed by atoms with Gasteiger partial charge in [-0.15, -0.1) is 0 Å². The molecule has 11 heteroatoms. The highest BCUT2D eigenvalue weighted by molar-refractivity contribution is 7.89. The van der Waals surface area contributed by atoms with Crippen LogP contribution in [0.4, 0.5) is 10.1 Å². The van der Waals surface area contributed by atoms with E-state index in [2.05, 4.69) is 20.1 Å². The minimum absolute atomic E-state index is 0.000120. The van der Waals surface area contributed by atoms with E-state index in [9.17, 15) is 17.6 Å². The maximum Gasteiger partial charge on any atom is 0.276 e. The molecular weight excluding hydrogens is 509 g/mol. The molecule has 2 aromatic heterocycles. The molecular formula is C27H28FN5O4S. The Balaban J connectivity index is 1.67. The maximum absolute atomic E-state index is 14.3. The minimum atomic E-state index is -3.93. The van der Waals surface area contributed by atoms with Gasteiger partial charge in [0.25, 0.3) is 5.91 Å². The number of benzene rings is 2. The summed E-state index contributed by atoms with van der Waals surface area (Å²) in [5.41, 5.74) is 2.50. The van der Waals surface area contributed by atoms with Gasteiger partial charge in [-0.2, -0.15) is 5.10 Å². The summed E-state index contributed by atoms with van der Waals surface area (Å²) in [6, 6.07) is 12.2. The monoisotopic (exact) mass is 537 g/mol. The minimum Gasteiger partial charge on any atom is -0.495 e. The molecule has 38 heavy (non-hydrogen) atoms. The molecule has 1 amide bonds. The van der Waals surface area contributed by atoms with Crippen LogP contribution in [-0.2, 0) is 10.0 Å². The first-order chi connectivity index (χ1) is 18.2. The zero-order valence-electron chi connectivity index (χ0n) is 21.3. The van der Waals surface area contributed by atoms with Crippen LogP contribution >= 0.6 is 0 Å². The average Bonchev–Trinajstić information content (AvgIpc) is 3.52. The first kappa shape index (κ1) is 25.8. The number of para-hydroxylation sites is 1. The zero-order valence-corrected chi connectivity index (χ0v) is 22.1. The number of nitrogens with one attached hydrogen (secondary N) is 2. The number of halogens is 1. The molecule has 2 heterocycles. The molecule has 0 saturated heterocycles. The molecule has 1 aliphatic carbocycles. The fourth-order valence-corrected chi connectivity index (χ4v) is 6.36. The lowest BCUT2D eigenvalue weighted by Crippen LogP contribution is -2.32. The molecule has 1 fully saturated rings. The van der Waals surface area contributed by atoms with Crippen molar-refractivity contribution in [3.8, 4) is 16.9 Å². The molecule has 9 nitrogen and oxygen atoms in total. The standard InChI is InChI=1S/C27H28FN5O4S/c1-16-14-17(2)33-26(29-16)24(25(31-33)27(34)30-21-11-7-6-10-20(21)28)18-12-13-22(37-3)23(15-18)38(35,36)32-19-8-4-5-9-19/h6-7,10-15,19,32H,4-5,8-9H2,1-3H3,(H,30,34). The maximum atomic E-state index is 14.3. The van der Waals surface area contributed by atoms with Crippen molar-refractivity contribution in [2.24, 2.45) is 0 Å². The molecule has 0 aliphatic heterocycles. The third-order valence-corrected chi connectivity index (χ3v) is 8.19. The zero-order chi connectivity index (χ0) is 27.0. The van der Waals surface area contributed by atoms with E-state index in [1.54, 1.807) is 18.2 Å². The van der Waals surface area contributed by atoms with Crippen molar-refractivity contribution < 1.29 is 22.3 Å². The van der Waals surface area contributed by atoms with Gasteiger partial charge in [0.15, 0.2) is 11.3 Å². The van der Waals surface area contributed by atoms with Crippen LogP contribution in [0.5, 0.6) is 5.75 Å². The van der Waals surface area contributed by atoms with E-state index in [0.29, 0.717) is 22.5 Å². The number of rotatable bonds is 7. The van der Waals surface area contributed by atoms with E-state index >= 15 is 0 Å². The van der Waals surface area contributed by atoms with Gasteiger partial charge in [0.1, 0.15) is 16.5 Å². The van der Waals surface area contributed by atoms with E-state index in [4.69, 9.17) is 4.74 Å². The number of hydrogen-bond acceptors (Lipinski definition) is 6. The quantitative estimate of drug-likeness (QED) is 0.355. The third-order valence-electron chi connectivity index (χ3n) is 6.65. The summed E-state index contributed by atoms with van der Waals surface area (Å²) in [5.74, 6) is -1.07. The molecule has 0 spiro atoms. The lowest BCUT2D eigenvalue weighted by atomic mass is 10.0. The van der Waals surface area contributed by atoms with Crippen molar-refractivity contribution in [3.05, 3.63) is 71.4 Å². The van der Waals surface area contributed by atoms with Gasteiger partial charge in [-0.3, -0.25) is 4.79 Å².